The van der Waals surface area contributed by atoms with Crippen molar-refractivity contribution in [2.45, 2.75) is 19.3 Å². The number of carbonyl (C=O) groups excluding carboxylic acids is 3. The predicted molar refractivity (Wildman–Crippen MR) is 127 cm³/mol. The number of benzene rings is 1. The first-order valence-corrected chi connectivity index (χ1v) is 12.8. The fraction of sp³-hybridized carbons (Fsp3) is 0.640. The van der Waals surface area contributed by atoms with Crippen molar-refractivity contribution >= 4 is 17.8 Å². The first-order valence-electron chi connectivity index (χ1n) is 12.8. The van der Waals surface area contributed by atoms with Crippen LogP contribution in [-0.4, -0.2) is 109 Å². The average molecular weight is 602 g/mol. The molecule has 2 rings (SSSR count). The minimum Gasteiger partial charge on any atom is -0.420 e. The molecule has 1 aromatic carbocycles. The van der Waals surface area contributed by atoms with Gasteiger partial charge >= 0.3 is 5.97 Å². The van der Waals surface area contributed by atoms with Crippen molar-refractivity contribution in [3.63, 3.8) is 0 Å². The molecule has 0 N–H and O–H groups in total. The maximum absolute atomic E-state index is 13.5. The Morgan fingerprint density at radius 3 is 1.29 bits per heavy atom. The van der Waals surface area contributed by atoms with Gasteiger partial charge in [-0.3, -0.25) is 19.3 Å². The Morgan fingerprint density at radius 1 is 0.537 bits per heavy atom. The lowest BCUT2D eigenvalue weighted by Gasteiger charge is -2.13. The molecule has 1 aromatic rings. The van der Waals surface area contributed by atoms with Gasteiger partial charge in [0.15, 0.2) is 0 Å². The Morgan fingerprint density at radius 2 is 0.878 bits per heavy atom. The Hall–Kier alpha value is -2.76. The molecule has 1 fully saturated rings. The maximum atomic E-state index is 13.5. The molecule has 41 heavy (non-hydrogen) atoms. The van der Waals surface area contributed by atoms with Crippen LogP contribution in [0.2, 0.25) is 0 Å². The number of amides is 2. The van der Waals surface area contributed by atoms with Crippen LogP contribution in [0.1, 0.15) is 19.3 Å². The van der Waals surface area contributed by atoms with Gasteiger partial charge < -0.3 is 33.2 Å². The zero-order valence-electron chi connectivity index (χ0n) is 22.2. The fourth-order valence-corrected chi connectivity index (χ4v) is 3.22. The number of ether oxygens (including phenoxy) is 7. The number of carbonyl (C=O) groups is 3. The van der Waals surface area contributed by atoms with E-state index in [2.05, 4.69) is 4.74 Å². The van der Waals surface area contributed by atoms with Gasteiger partial charge in [0.1, 0.15) is 0 Å². The van der Waals surface area contributed by atoms with Gasteiger partial charge in [0, 0.05) is 12.8 Å². The third kappa shape index (κ3) is 12.3. The molecular formula is C25H32F5NO10. The lowest BCUT2D eigenvalue weighted by Crippen LogP contribution is -2.32. The van der Waals surface area contributed by atoms with Gasteiger partial charge in [-0.1, -0.05) is 0 Å². The molecule has 0 radical (unpaired) electrons. The van der Waals surface area contributed by atoms with Crippen molar-refractivity contribution < 1.29 is 69.5 Å². The monoisotopic (exact) mass is 601 g/mol. The zero-order chi connectivity index (χ0) is 30.0. The Bertz CT molecular complexity index is 955. The highest BCUT2D eigenvalue weighted by Gasteiger charge is 2.29. The summed E-state index contributed by atoms with van der Waals surface area (Å²) in [5.41, 5.74) is 0. The standard InChI is InChI=1S/C25H32F5NO10/c26-20-21(27)23(29)25(24(30)22(20)28)41-19(34)3-5-35-7-9-37-11-13-39-15-16-40-14-12-38-10-8-36-6-4-31-17(32)1-2-18(31)33/h1-16H2. The van der Waals surface area contributed by atoms with E-state index in [1.165, 1.54) is 4.90 Å². The number of halogens is 5. The summed E-state index contributed by atoms with van der Waals surface area (Å²) in [4.78, 5) is 35.7. The molecule has 2 amide bonds. The number of esters is 1. The van der Waals surface area contributed by atoms with Crippen LogP contribution in [0.15, 0.2) is 0 Å². The summed E-state index contributed by atoms with van der Waals surface area (Å²) in [6.07, 6.45) is 0.0321. The molecule has 0 unspecified atom stereocenters. The van der Waals surface area contributed by atoms with Crippen molar-refractivity contribution in [3.8, 4) is 5.75 Å². The summed E-state index contributed by atoms with van der Waals surface area (Å²) in [6, 6.07) is 0. The van der Waals surface area contributed by atoms with Gasteiger partial charge in [0.2, 0.25) is 46.6 Å². The van der Waals surface area contributed by atoms with Crippen LogP contribution in [-0.2, 0) is 42.8 Å². The molecule has 0 aromatic heterocycles. The fourth-order valence-electron chi connectivity index (χ4n) is 3.22. The second-order valence-corrected chi connectivity index (χ2v) is 8.24. The summed E-state index contributed by atoms with van der Waals surface area (Å²) in [7, 11) is 0. The highest BCUT2D eigenvalue weighted by Crippen LogP contribution is 2.29. The molecule has 0 atom stereocenters. The lowest BCUT2D eigenvalue weighted by atomic mass is 10.2. The van der Waals surface area contributed by atoms with E-state index in [0.717, 1.165) is 0 Å². The van der Waals surface area contributed by atoms with Gasteiger partial charge in [-0.15, -0.1) is 0 Å². The van der Waals surface area contributed by atoms with Gasteiger partial charge in [-0.05, 0) is 0 Å². The molecule has 0 saturated carbocycles. The van der Waals surface area contributed by atoms with Crippen molar-refractivity contribution in [2.75, 3.05) is 85.8 Å². The number of likely N-dealkylation sites (tertiary alicyclic amines) is 1. The molecule has 0 spiro atoms. The van der Waals surface area contributed by atoms with Crippen LogP contribution >= 0.6 is 0 Å². The maximum Gasteiger partial charge on any atom is 0.313 e. The largest absolute Gasteiger partial charge is 0.420 e. The van der Waals surface area contributed by atoms with Crippen molar-refractivity contribution in [1.82, 2.24) is 4.90 Å². The van der Waals surface area contributed by atoms with Crippen LogP contribution in [0.3, 0.4) is 0 Å². The van der Waals surface area contributed by atoms with Gasteiger partial charge in [0.05, 0.1) is 92.2 Å². The first kappa shape index (κ1) is 34.4. The highest BCUT2D eigenvalue weighted by atomic mass is 19.2. The topological polar surface area (TPSA) is 119 Å². The molecule has 0 aliphatic carbocycles. The van der Waals surface area contributed by atoms with Crippen molar-refractivity contribution in [1.29, 1.82) is 0 Å². The smallest absolute Gasteiger partial charge is 0.313 e. The average Bonchev–Trinajstić information content (AvgIpc) is 3.28. The number of hydrogen-bond acceptors (Lipinski definition) is 10. The van der Waals surface area contributed by atoms with Crippen LogP contribution in [0.25, 0.3) is 0 Å². The van der Waals surface area contributed by atoms with Crippen LogP contribution < -0.4 is 4.74 Å². The third-order valence-corrected chi connectivity index (χ3v) is 5.31. The quantitative estimate of drug-likeness (QED) is 0.0371. The molecule has 1 heterocycles. The zero-order valence-corrected chi connectivity index (χ0v) is 22.2. The van der Waals surface area contributed by atoms with E-state index in [0.29, 0.717) is 46.2 Å². The second kappa shape index (κ2) is 19.4. The number of hydrogen-bond donors (Lipinski definition) is 0. The van der Waals surface area contributed by atoms with E-state index in [4.69, 9.17) is 28.4 Å². The minimum absolute atomic E-state index is 0.0712. The molecule has 16 heteroatoms. The molecule has 11 nitrogen and oxygen atoms in total. The molecular weight excluding hydrogens is 569 g/mol. The first-order chi connectivity index (χ1) is 19.7. The number of rotatable bonds is 22. The number of imide groups is 1. The molecule has 1 saturated heterocycles. The SMILES string of the molecule is O=C(CCOCCOCCOCCOCCOCCOCCN1C(=O)CCC1=O)Oc1c(F)c(F)c(F)c(F)c1F. The minimum atomic E-state index is -2.35. The third-order valence-electron chi connectivity index (χ3n) is 5.31. The van der Waals surface area contributed by atoms with Gasteiger partial charge in [-0.2, -0.15) is 8.78 Å². The Labute approximate surface area is 232 Å². The van der Waals surface area contributed by atoms with Crippen LogP contribution in [0.4, 0.5) is 22.0 Å². The lowest BCUT2D eigenvalue weighted by molar-refractivity contribution is -0.139. The van der Waals surface area contributed by atoms with E-state index in [-0.39, 0.29) is 64.2 Å². The molecule has 1 aliphatic rings. The van der Waals surface area contributed by atoms with E-state index >= 15 is 0 Å². The summed E-state index contributed by atoms with van der Waals surface area (Å²) < 4.78 is 102. The Balaban J connectivity index is 1.32. The van der Waals surface area contributed by atoms with Crippen LogP contribution in [0, 0.1) is 29.1 Å². The highest BCUT2D eigenvalue weighted by molar-refractivity contribution is 6.01. The summed E-state index contributed by atoms with van der Waals surface area (Å²) in [5, 5.41) is 0. The van der Waals surface area contributed by atoms with Crippen molar-refractivity contribution in [3.05, 3.63) is 29.1 Å². The summed E-state index contributed by atoms with van der Waals surface area (Å²) in [5.74, 6) is -14.5. The van der Waals surface area contributed by atoms with Gasteiger partial charge in [-0.25, -0.2) is 13.2 Å². The van der Waals surface area contributed by atoms with E-state index in [1.54, 1.807) is 0 Å². The normalized spacial score (nSPS) is 13.4. The molecule has 232 valence electrons. The molecule has 1 aliphatic heterocycles. The number of nitrogens with zero attached hydrogens (tertiary/aromatic N) is 1. The summed E-state index contributed by atoms with van der Waals surface area (Å²) >= 11 is 0. The van der Waals surface area contributed by atoms with Gasteiger partial charge in [0.25, 0.3) is 0 Å². The van der Waals surface area contributed by atoms with E-state index in [9.17, 15) is 36.3 Å². The van der Waals surface area contributed by atoms with E-state index < -0.39 is 47.2 Å². The second-order valence-electron chi connectivity index (χ2n) is 8.24. The summed E-state index contributed by atoms with van der Waals surface area (Å²) in [6.45, 7) is 3.17. The van der Waals surface area contributed by atoms with E-state index in [1.807, 2.05) is 0 Å². The van der Waals surface area contributed by atoms with Crippen LogP contribution in [0.5, 0.6) is 5.75 Å². The Kier molecular flexibility index (Phi) is 16.3. The predicted octanol–water partition coefficient (Wildman–Crippen LogP) is 1.93. The van der Waals surface area contributed by atoms with Crippen molar-refractivity contribution in [2.24, 2.45) is 0 Å². The molecule has 0 bridgehead atoms.